The van der Waals surface area contributed by atoms with Crippen molar-refractivity contribution < 1.29 is 14.6 Å². The fraction of sp³-hybridized carbons (Fsp3) is 0.0714. The van der Waals surface area contributed by atoms with E-state index in [2.05, 4.69) is 37.2 Å². The van der Waals surface area contributed by atoms with Crippen molar-refractivity contribution in [3.8, 4) is 11.5 Å². The quantitative estimate of drug-likeness (QED) is 0.679. The molecule has 2 aromatic rings. The molecule has 0 saturated carbocycles. The lowest BCUT2D eigenvalue weighted by molar-refractivity contribution is 0.102. The molecule has 2 aromatic carbocycles. The van der Waals surface area contributed by atoms with Crippen molar-refractivity contribution in [2.75, 3.05) is 12.4 Å². The van der Waals surface area contributed by atoms with Crippen LogP contribution in [-0.2, 0) is 0 Å². The van der Waals surface area contributed by atoms with Gasteiger partial charge in [0.15, 0.2) is 0 Å². The highest BCUT2D eigenvalue weighted by molar-refractivity contribution is 9.11. The van der Waals surface area contributed by atoms with Gasteiger partial charge >= 0.3 is 0 Å². The molecule has 0 saturated heterocycles. The average molecular weight is 435 g/mol. The zero-order valence-electron chi connectivity index (χ0n) is 10.8. The number of halogens is 3. The number of carbonyl (C=O) groups is 1. The molecule has 0 unspecified atom stereocenters. The van der Waals surface area contributed by atoms with Crippen molar-refractivity contribution in [1.29, 1.82) is 0 Å². The maximum absolute atomic E-state index is 12.3. The molecule has 0 aliphatic heterocycles. The molecule has 0 aliphatic carbocycles. The number of ether oxygens (including phenoxy) is 1. The molecule has 0 radical (unpaired) electrons. The third kappa shape index (κ3) is 3.70. The molecular weight excluding hydrogens is 425 g/mol. The van der Waals surface area contributed by atoms with E-state index in [-0.39, 0.29) is 11.7 Å². The first-order valence-corrected chi connectivity index (χ1v) is 7.71. The van der Waals surface area contributed by atoms with Gasteiger partial charge in [0.2, 0.25) is 0 Å². The van der Waals surface area contributed by atoms with Gasteiger partial charge in [0.25, 0.3) is 5.91 Å². The Hall–Kier alpha value is -1.24. The van der Waals surface area contributed by atoms with Gasteiger partial charge in [0.1, 0.15) is 11.5 Å². The number of hydrogen-bond donors (Lipinski definition) is 2. The van der Waals surface area contributed by atoms with Crippen LogP contribution in [0.2, 0.25) is 5.02 Å². The Morgan fingerprint density at radius 2 is 1.86 bits per heavy atom. The third-order valence-corrected chi connectivity index (χ3v) is 4.12. The number of amides is 1. The summed E-state index contributed by atoms with van der Waals surface area (Å²) in [5.74, 6) is 0.126. The molecule has 2 rings (SSSR count). The minimum Gasteiger partial charge on any atom is -0.506 e. The summed E-state index contributed by atoms with van der Waals surface area (Å²) in [7, 11) is 1.48. The van der Waals surface area contributed by atoms with Crippen LogP contribution in [-0.4, -0.2) is 18.1 Å². The largest absolute Gasteiger partial charge is 0.506 e. The molecule has 21 heavy (non-hydrogen) atoms. The standard InChI is InChI=1S/C14H10Br2ClNO3/c1-21-12-3-2-7(17)4-9(12)14(20)18-8-5-10(15)13(19)11(16)6-8/h2-6,19H,1H3,(H,18,20). The summed E-state index contributed by atoms with van der Waals surface area (Å²) in [5, 5.41) is 12.8. The Kier molecular flexibility index (Phi) is 5.13. The van der Waals surface area contributed by atoms with Gasteiger partial charge < -0.3 is 15.2 Å². The third-order valence-electron chi connectivity index (χ3n) is 2.68. The van der Waals surface area contributed by atoms with Gasteiger partial charge in [-0.25, -0.2) is 0 Å². The molecule has 0 atom stereocenters. The number of methoxy groups -OCH3 is 1. The summed E-state index contributed by atoms with van der Waals surface area (Å²) in [6, 6.07) is 7.98. The number of rotatable bonds is 3. The SMILES string of the molecule is COc1ccc(Cl)cc1C(=O)Nc1cc(Br)c(O)c(Br)c1. The van der Waals surface area contributed by atoms with Crippen LogP contribution in [0.1, 0.15) is 10.4 Å². The summed E-state index contributed by atoms with van der Waals surface area (Å²) in [5.41, 5.74) is 0.837. The van der Waals surface area contributed by atoms with Crippen molar-refractivity contribution in [3.05, 3.63) is 49.9 Å². The number of anilines is 1. The maximum Gasteiger partial charge on any atom is 0.259 e. The van der Waals surface area contributed by atoms with Crippen molar-refractivity contribution in [3.63, 3.8) is 0 Å². The van der Waals surface area contributed by atoms with Crippen LogP contribution in [0.5, 0.6) is 11.5 Å². The number of phenolic OH excluding ortho intramolecular Hbond substituents is 1. The van der Waals surface area contributed by atoms with Crippen LogP contribution in [0.25, 0.3) is 0 Å². The van der Waals surface area contributed by atoms with E-state index >= 15 is 0 Å². The monoisotopic (exact) mass is 433 g/mol. The molecule has 0 aliphatic rings. The highest BCUT2D eigenvalue weighted by atomic mass is 79.9. The van der Waals surface area contributed by atoms with Crippen LogP contribution in [0.3, 0.4) is 0 Å². The molecule has 0 fully saturated rings. The summed E-state index contributed by atoms with van der Waals surface area (Å²) < 4.78 is 6.07. The normalized spacial score (nSPS) is 10.3. The van der Waals surface area contributed by atoms with E-state index in [1.165, 1.54) is 13.2 Å². The number of nitrogens with one attached hydrogen (secondary N) is 1. The number of hydrogen-bond acceptors (Lipinski definition) is 3. The van der Waals surface area contributed by atoms with Gasteiger partial charge in [-0.3, -0.25) is 4.79 Å². The molecule has 0 spiro atoms. The van der Waals surface area contributed by atoms with Gasteiger partial charge in [0, 0.05) is 10.7 Å². The van der Waals surface area contributed by atoms with E-state index in [1.54, 1.807) is 24.3 Å². The maximum atomic E-state index is 12.3. The van der Waals surface area contributed by atoms with Crippen molar-refractivity contribution in [2.24, 2.45) is 0 Å². The molecule has 1 amide bonds. The van der Waals surface area contributed by atoms with Gasteiger partial charge in [0.05, 0.1) is 21.6 Å². The molecule has 0 aromatic heterocycles. The Labute approximate surface area is 143 Å². The Morgan fingerprint density at radius 3 is 2.43 bits per heavy atom. The predicted molar refractivity (Wildman–Crippen MR) is 89.5 cm³/mol. The number of carbonyl (C=O) groups excluding carboxylic acids is 1. The van der Waals surface area contributed by atoms with Crippen molar-refractivity contribution in [1.82, 2.24) is 0 Å². The topological polar surface area (TPSA) is 58.6 Å². The molecule has 110 valence electrons. The van der Waals surface area contributed by atoms with E-state index in [0.29, 0.717) is 31.0 Å². The fourth-order valence-electron chi connectivity index (χ4n) is 1.69. The van der Waals surface area contributed by atoms with Crippen molar-refractivity contribution in [2.45, 2.75) is 0 Å². The van der Waals surface area contributed by atoms with Crippen LogP contribution in [0, 0.1) is 0 Å². The molecule has 4 nitrogen and oxygen atoms in total. The number of benzene rings is 2. The second-order valence-corrected chi connectivity index (χ2v) is 6.23. The minimum absolute atomic E-state index is 0.0633. The second kappa shape index (κ2) is 6.68. The summed E-state index contributed by atoms with van der Waals surface area (Å²) >= 11 is 12.3. The summed E-state index contributed by atoms with van der Waals surface area (Å²) in [4.78, 5) is 12.3. The minimum atomic E-state index is -0.362. The lowest BCUT2D eigenvalue weighted by Gasteiger charge is -2.11. The predicted octanol–water partition coefficient (Wildman–Crippen LogP) is 4.83. The van der Waals surface area contributed by atoms with Crippen molar-refractivity contribution >= 4 is 55.1 Å². The van der Waals surface area contributed by atoms with Crippen LogP contribution < -0.4 is 10.1 Å². The Bertz CT molecular complexity index is 684. The molecular formula is C14H10Br2ClNO3. The van der Waals surface area contributed by atoms with E-state index in [1.807, 2.05) is 0 Å². The van der Waals surface area contributed by atoms with E-state index in [9.17, 15) is 9.90 Å². The van der Waals surface area contributed by atoms with Crippen LogP contribution >= 0.6 is 43.5 Å². The fourth-order valence-corrected chi connectivity index (χ4v) is 3.05. The number of phenols is 1. The smallest absolute Gasteiger partial charge is 0.259 e. The van der Waals surface area contributed by atoms with Gasteiger partial charge in [-0.15, -0.1) is 0 Å². The van der Waals surface area contributed by atoms with E-state index in [4.69, 9.17) is 16.3 Å². The van der Waals surface area contributed by atoms with Gasteiger partial charge in [-0.2, -0.15) is 0 Å². The summed E-state index contributed by atoms with van der Waals surface area (Å²) in [6.07, 6.45) is 0. The summed E-state index contributed by atoms with van der Waals surface area (Å²) in [6.45, 7) is 0. The first-order chi connectivity index (χ1) is 9.92. The Morgan fingerprint density at radius 1 is 1.24 bits per heavy atom. The van der Waals surface area contributed by atoms with Crippen LogP contribution in [0.15, 0.2) is 39.3 Å². The van der Waals surface area contributed by atoms with E-state index < -0.39 is 0 Å². The Balaban J connectivity index is 2.32. The zero-order chi connectivity index (χ0) is 15.6. The highest BCUT2D eigenvalue weighted by Gasteiger charge is 2.14. The second-order valence-electron chi connectivity index (χ2n) is 4.09. The van der Waals surface area contributed by atoms with Gasteiger partial charge in [-0.1, -0.05) is 11.6 Å². The average Bonchev–Trinajstić information content (AvgIpc) is 2.44. The zero-order valence-corrected chi connectivity index (χ0v) is 14.7. The number of aromatic hydroxyl groups is 1. The lowest BCUT2D eigenvalue weighted by Crippen LogP contribution is -2.13. The van der Waals surface area contributed by atoms with E-state index in [0.717, 1.165) is 0 Å². The molecule has 0 heterocycles. The van der Waals surface area contributed by atoms with Gasteiger partial charge in [-0.05, 0) is 62.2 Å². The lowest BCUT2D eigenvalue weighted by atomic mass is 10.2. The highest BCUT2D eigenvalue weighted by Crippen LogP contribution is 2.35. The molecule has 7 heteroatoms. The first kappa shape index (κ1) is 16.1. The molecule has 0 bridgehead atoms. The van der Waals surface area contributed by atoms with Crippen LogP contribution in [0.4, 0.5) is 5.69 Å². The first-order valence-electron chi connectivity index (χ1n) is 5.75. The molecule has 2 N–H and O–H groups in total.